The Morgan fingerprint density at radius 2 is 1.94 bits per heavy atom. The molecular formula is C13H18O3S. The van der Waals surface area contributed by atoms with Crippen molar-refractivity contribution in [2.45, 2.75) is 25.5 Å². The predicted octanol–water partition coefficient (Wildman–Crippen LogP) is 2.43. The van der Waals surface area contributed by atoms with E-state index < -0.39 is 16.0 Å². The number of ketones is 1. The summed E-state index contributed by atoms with van der Waals surface area (Å²) in [7, 11) is 0.496. The van der Waals surface area contributed by atoms with E-state index in [0.29, 0.717) is 17.1 Å². The number of rotatable bonds is 6. The molecule has 0 fully saturated rings. The van der Waals surface area contributed by atoms with Crippen LogP contribution in [0.2, 0.25) is 0 Å². The molecule has 0 radical (unpaired) electrons. The van der Waals surface area contributed by atoms with Crippen LogP contribution in [0, 0.1) is 0 Å². The Bertz CT molecular complexity index is 398. The second-order valence-corrected chi connectivity index (χ2v) is 5.70. The Morgan fingerprint density at radius 1 is 1.35 bits per heavy atom. The topological polar surface area (TPSA) is 43.4 Å². The van der Waals surface area contributed by atoms with Gasteiger partial charge in [-0.1, -0.05) is 6.92 Å². The Balaban J connectivity index is 2.77. The molecule has 0 aliphatic rings. The molecule has 0 N–H and O–H groups in total. The van der Waals surface area contributed by atoms with E-state index in [1.54, 1.807) is 38.3 Å². The molecule has 4 heteroatoms. The molecule has 1 rings (SSSR count). The zero-order valence-corrected chi connectivity index (χ0v) is 11.3. The number of ether oxygens (including phenoxy) is 1. The monoisotopic (exact) mass is 254 g/mol. The zero-order valence-electron chi connectivity index (χ0n) is 10.4. The number of methoxy groups -OCH3 is 1. The lowest BCUT2D eigenvalue weighted by Gasteiger charge is -2.10. The van der Waals surface area contributed by atoms with Crippen LogP contribution in [0.5, 0.6) is 5.75 Å². The summed E-state index contributed by atoms with van der Waals surface area (Å²) < 4.78 is 16.8. The summed E-state index contributed by atoms with van der Waals surface area (Å²) in [6.45, 7) is 3.68. The number of carbonyl (C=O) groups excluding carboxylic acids is 1. The van der Waals surface area contributed by atoms with Crippen LogP contribution in [-0.2, 0) is 10.8 Å². The van der Waals surface area contributed by atoms with Crippen LogP contribution in [0.4, 0.5) is 0 Å². The van der Waals surface area contributed by atoms with E-state index >= 15 is 0 Å². The van der Waals surface area contributed by atoms with Crippen molar-refractivity contribution < 1.29 is 13.7 Å². The summed E-state index contributed by atoms with van der Waals surface area (Å²) in [5.74, 6) is 1.21. The predicted molar refractivity (Wildman–Crippen MR) is 70.1 cm³/mol. The van der Waals surface area contributed by atoms with Crippen LogP contribution in [0.3, 0.4) is 0 Å². The Hall–Kier alpha value is -1.16. The number of hydrogen-bond acceptors (Lipinski definition) is 3. The second-order valence-electron chi connectivity index (χ2n) is 3.82. The summed E-state index contributed by atoms with van der Waals surface area (Å²) in [6.07, 6.45) is 0.826. The van der Waals surface area contributed by atoms with Crippen molar-refractivity contribution in [3.05, 3.63) is 29.8 Å². The number of carbonyl (C=O) groups is 1. The molecule has 0 aromatic heterocycles. The molecule has 2 unspecified atom stereocenters. The minimum atomic E-state index is -1.08. The van der Waals surface area contributed by atoms with E-state index in [4.69, 9.17) is 4.74 Å². The molecule has 0 aliphatic heterocycles. The maximum atomic E-state index is 12.0. The van der Waals surface area contributed by atoms with Crippen molar-refractivity contribution in [3.8, 4) is 5.75 Å². The molecule has 1 aromatic rings. The second kappa shape index (κ2) is 6.55. The Morgan fingerprint density at radius 3 is 2.41 bits per heavy atom. The van der Waals surface area contributed by atoms with E-state index in [0.717, 1.165) is 6.42 Å². The van der Waals surface area contributed by atoms with Crippen molar-refractivity contribution in [2.24, 2.45) is 0 Å². The minimum absolute atomic E-state index is 0.0700. The number of hydrogen-bond donors (Lipinski definition) is 0. The molecule has 17 heavy (non-hydrogen) atoms. The fraction of sp³-hybridized carbons (Fsp3) is 0.462. The minimum Gasteiger partial charge on any atom is -0.497 e. The van der Waals surface area contributed by atoms with Gasteiger partial charge in [-0.3, -0.25) is 9.00 Å². The average molecular weight is 254 g/mol. The molecule has 3 nitrogen and oxygen atoms in total. The summed E-state index contributed by atoms with van der Waals surface area (Å²) >= 11 is 0. The van der Waals surface area contributed by atoms with Crippen LogP contribution in [0.1, 0.15) is 30.6 Å². The molecule has 0 saturated heterocycles. The molecule has 1 aromatic carbocycles. The Labute approximate surface area is 105 Å². The lowest BCUT2D eigenvalue weighted by atomic mass is 10.1. The molecule has 0 heterocycles. The first kappa shape index (κ1) is 13.9. The highest BCUT2D eigenvalue weighted by atomic mass is 32.2. The molecule has 0 bridgehead atoms. The maximum absolute atomic E-state index is 12.0. The fourth-order valence-electron chi connectivity index (χ4n) is 1.49. The van der Waals surface area contributed by atoms with Crippen molar-refractivity contribution in [1.29, 1.82) is 0 Å². The molecule has 2 atom stereocenters. The molecule has 0 saturated carbocycles. The highest BCUT2D eigenvalue weighted by Gasteiger charge is 2.20. The summed E-state index contributed by atoms with van der Waals surface area (Å²) in [4.78, 5) is 12.0. The standard InChI is InChI=1S/C13H18O3S/c1-4-9-17(15)10(2)13(14)11-5-7-12(16-3)8-6-11/h5-8,10H,4,9H2,1-3H3. The van der Waals surface area contributed by atoms with Crippen LogP contribution in [-0.4, -0.2) is 28.1 Å². The molecule has 0 amide bonds. The van der Waals surface area contributed by atoms with Crippen LogP contribution >= 0.6 is 0 Å². The number of Topliss-reactive ketones (excluding diaryl/α,β-unsaturated/α-hetero) is 1. The van der Waals surface area contributed by atoms with E-state index in [2.05, 4.69) is 0 Å². The van der Waals surface area contributed by atoms with Gasteiger partial charge in [0.25, 0.3) is 0 Å². The van der Waals surface area contributed by atoms with Gasteiger partial charge in [-0.2, -0.15) is 0 Å². The van der Waals surface area contributed by atoms with Crippen molar-refractivity contribution in [1.82, 2.24) is 0 Å². The molecule has 94 valence electrons. The smallest absolute Gasteiger partial charge is 0.178 e. The van der Waals surface area contributed by atoms with Crippen molar-refractivity contribution >= 4 is 16.6 Å². The van der Waals surface area contributed by atoms with E-state index in [-0.39, 0.29) is 5.78 Å². The first-order chi connectivity index (χ1) is 8.10. The van der Waals surface area contributed by atoms with Crippen molar-refractivity contribution in [2.75, 3.05) is 12.9 Å². The van der Waals surface area contributed by atoms with Gasteiger partial charge < -0.3 is 4.74 Å². The highest BCUT2D eigenvalue weighted by Crippen LogP contribution is 2.14. The lowest BCUT2D eigenvalue weighted by molar-refractivity contribution is 0.0992. The van der Waals surface area contributed by atoms with Crippen LogP contribution in [0.25, 0.3) is 0 Å². The van der Waals surface area contributed by atoms with Crippen LogP contribution in [0.15, 0.2) is 24.3 Å². The Kier molecular flexibility index (Phi) is 5.35. The summed E-state index contributed by atoms with van der Waals surface area (Å²) in [5, 5.41) is -0.441. The lowest BCUT2D eigenvalue weighted by Crippen LogP contribution is -2.24. The number of benzene rings is 1. The first-order valence-electron chi connectivity index (χ1n) is 5.65. The summed E-state index contributed by atoms with van der Waals surface area (Å²) in [5.41, 5.74) is 0.586. The molecule has 0 spiro atoms. The van der Waals surface area contributed by atoms with Gasteiger partial charge in [0.2, 0.25) is 0 Å². The van der Waals surface area contributed by atoms with Crippen molar-refractivity contribution in [3.63, 3.8) is 0 Å². The van der Waals surface area contributed by atoms with Gasteiger partial charge in [0, 0.05) is 22.1 Å². The van der Waals surface area contributed by atoms with Gasteiger partial charge >= 0.3 is 0 Å². The zero-order chi connectivity index (χ0) is 12.8. The van der Waals surface area contributed by atoms with Gasteiger partial charge in [-0.15, -0.1) is 0 Å². The van der Waals surface area contributed by atoms with E-state index in [9.17, 15) is 9.00 Å². The highest BCUT2D eigenvalue weighted by molar-refractivity contribution is 7.86. The third kappa shape index (κ3) is 3.66. The third-order valence-electron chi connectivity index (χ3n) is 2.54. The maximum Gasteiger partial charge on any atom is 0.178 e. The largest absolute Gasteiger partial charge is 0.497 e. The first-order valence-corrected chi connectivity index (χ1v) is 7.03. The summed E-state index contributed by atoms with van der Waals surface area (Å²) in [6, 6.07) is 6.90. The van der Waals surface area contributed by atoms with Gasteiger partial charge in [-0.25, -0.2) is 0 Å². The average Bonchev–Trinajstić information content (AvgIpc) is 2.37. The normalized spacial score (nSPS) is 14.1. The molecular weight excluding hydrogens is 236 g/mol. The van der Waals surface area contributed by atoms with E-state index in [1.165, 1.54) is 0 Å². The van der Waals surface area contributed by atoms with Gasteiger partial charge in [0.05, 0.1) is 12.4 Å². The molecule has 0 aliphatic carbocycles. The third-order valence-corrected chi connectivity index (χ3v) is 4.36. The van der Waals surface area contributed by atoms with Crippen LogP contribution < -0.4 is 4.74 Å². The van der Waals surface area contributed by atoms with Gasteiger partial charge in [-0.05, 0) is 37.6 Å². The van der Waals surface area contributed by atoms with Gasteiger partial charge in [0.15, 0.2) is 5.78 Å². The quantitative estimate of drug-likeness (QED) is 0.732. The van der Waals surface area contributed by atoms with Gasteiger partial charge in [0.1, 0.15) is 5.75 Å². The van der Waals surface area contributed by atoms with E-state index in [1.807, 2.05) is 6.92 Å². The SMILES string of the molecule is CCCS(=O)C(C)C(=O)c1ccc(OC)cc1. The fourth-order valence-corrected chi connectivity index (χ4v) is 2.62.